The van der Waals surface area contributed by atoms with Crippen LogP contribution >= 0.6 is 12.2 Å². The number of rotatable bonds is 5. The SMILES string of the molecule is COc1ccc(OC)c([C@@H](C)NC(=S)Nc2ccc3c(C)cc(=O)oc3c2)c1. The highest BCUT2D eigenvalue weighted by Crippen LogP contribution is 2.29. The molecule has 1 aromatic heterocycles. The van der Waals surface area contributed by atoms with E-state index in [4.69, 9.17) is 26.1 Å². The zero-order valence-electron chi connectivity index (χ0n) is 16.2. The molecule has 28 heavy (non-hydrogen) atoms. The molecule has 0 spiro atoms. The van der Waals surface area contributed by atoms with Crippen LogP contribution in [0.4, 0.5) is 5.69 Å². The minimum atomic E-state index is -0.374. The van der Waals surface area contributed by atoms with Gasteiger partial charge in [-0.3, -0.25) is 0 Å². The molecular weight excluding hydrogens is 376 g/mol. The van der Waals surface area contributed by atoms with Crippen molar-refractivity contribution >= 4 is 34.0 Å². The molecule has 0 aliphatic heterocycles. The molecule has 0 saturated carbocycles. The quantitative estimate of drug-likeness (QED) is 0.494. The molecule has 0 radical (unpaired) electrons. The van der Waals surface area contributed by atoms with E-state index in [1.54, 1.807) is 20.3 Å². The van der Waals surface area contributed by atoms with Crippen LogP contribution < -0.4 is 25.7 Å². The second kappa shape index (κ2) is 8.31. The number of benzene rings is 2. The molecule has 0 aliphatic carbocycles. The fourth-order valence-corrected chi connectivity index (χ4v) is 3.32. The molecule has 3 rings (SSSR count). The van der Waals surface area contributed by atoms with Gasteiger partial charge < -0.3 is 24.5 Å². The van der Waals surface area contributed by atoms with Gasteiger partial charge in [-0.15, -0.1) is 0 Å². The van der Waals surface area contributed by atoms with Crippen LogP contribution in [0.3, 0.4) is 0 Å². The Morgan fingerprint density at radius 3 is 2.61 bits per heavy atom. The van der Waals surface area contributed by atoms with Crippen LogP contribution in [-0.2, 0) is 0 Å². The number of ether oxygens (including phenoxy) is 2. The van der Waals surface area contributed by atoms with Crippen molar-refractivity contribution in [3.8, 4) is 11.5 Å². The molecule has 3 aromatic rings. The molecule has 0 unspecified atom stereocenters. The van der Waals surface area contributed by atoms with Gasteiger partial charge in [0.05, 0.1) is 20.3 Å². The number of hydrogen-bond donors (Lipinski definition) is 2. The lowest BCUT2D eigenvalue weighted by Crippen LogP contribution is -2.31. The first-order valence-corrected chi connectivity index (χ1v) is 9.16. The van der Waals surface area contributed by atoms with E-state index in [9.17, 15) is 4.79 Å². The van der Waals surface area contributed by atoms with Crippen molar-refractivity contribution in [2.24, 2.45) is 0 Å². The Balaban J connectivity index is 1.77. The van der Waals surface area contributed by atoms with Crippen molar-refractivity contribution in [2.45, 2.75) is 19.9 Å². The third kappa shape index (κ3) is 4.26. The predicted octanol–water partition coefficient (Wildman–Crippen LogP) is 4.17. The van der Waals surface area contributed by atoms with E-state index in [-0.39, 0.29) is 11.7 Å². The molecule has 2 N–H and O–H groups in total. The summed E-state index contributed by atoms with van der Waals surface area (Å²) in [6, 6.07) is 12.5. The second-order valence-electron chi connectivity index (χ2n) is 6.39. The topological polar surface area (TPSA) is 72.7 Å². The van der Waals surface area contributed by atoms with Crippen LogP contribution in [-0.4, -0.2) is 19.3 Å². The maximum atomic E-state index is 11.6. The van der Waals surface area contributed by atoms with Gasteiger partial charge in [0.1, 0.15) is 17.1 Å². The zero-order chi connectivity index (χ0) is 20.3. The van der Waals surface area contributed by atoms with E-state index in [0.29, 0.717) is 10.7 Å². The van der Waals surface area contributed by atoms with Crippen molar-refractivity contribution in [1.82, 2.24) is 5.32 Å². The lowest BCUT2D eigenvalue weighted by Gasteiger charge is -2.20. The third-order valence-electron chi connectivity index (χ3n) is 4.46. The summed E-state index contributed by atoms with van der Waals surface area (Å²) >= 11 is 5.44. The number of nitrogens with one attached hydrogen (secondary N) is 2. The molecule has 6 nitrogen and oxygen atoms in total. The first kappa shape index (κ1) is 19.7. The highest BCUT2D eigenvalue weighted by molar-refractivity contribution is 7.80. The van der Waals surface area contributed by atoms with Crippen LogP contribution in [0.2, 0.25) is 0 Å². The number of thiocarbonyl (C=S) groups is 1. The Hall–Kier alpha value is -3.06. The normalized spacial score (nSPS) is 11.7. The summed E-state index contributed by atoms with van der Waals surface area (Å²) in [6.45, 7) is 3.86. The molecule has 0 aliphatic rings. The van der Waals surface area contributed by atoms with Crippen LogP contribution in [0.25, 0.3) is 11.0 Å². The van der Waals surface area contributed by atoms with Crippen LogP contribution in [0.5, 0.6) is 11.5 Å². The second-order valence-corrected chi connectivity index (χ2v) is 6.80. The van der Waals surface area contributed by atoms with Gasteiger partial charge in [-0.05, 0) is 62.0 Å². The number of fused-ring (bicyclic) bond motifs is 1. The first-order chi connectivity index (χ1) is 13.4. The van der Waals surface area contributed by atoms with Gasteiger partial charge in [-0.2, -0.15) is 0 Å². The van der Waals surface area contributed by atoms with Crippen LogP contribution in [0.15, 0.2) is 51.7 Å². The Morgan fingerprint density at radius 1 is 1.11 bits per heavy atom. The number of methoxy groups -OCH3 is 2. The van der Waals surface area contributed by atoms with Gasteiger partial charge >= 0.3 is 5.63 Å². The van der Waals surface area contributed by atoms with Crippen molar-refractivity contribution in [2.75, 3.05) is 19.5 Å². The van der Waals surface area contributed by atoms with Crippen molar-refractivity contribution in [1.29, 1.82) is 0 Å². The Labute approximate surface area is 168 Å². The highest BCUT2D eigenvalue weighted by Gasteiger charge is 2.14. The summed E-state index contributed by atoms with van der Waals surface area (Å²) in [5.41, 5.74) is 2.66. The fourth-order valence-electron chi connectivity index (χ4n) is 3.02. The molecule has 7 heteroatoms. The van der Waals surface area contributed by atoms with Crippen LogP contribution in [0, 0.1) is 6.92 Å². The van der Waals surface area contributed by atoms with Gasteiger partial charge in [0.2, 0.25) is 0 Å². The molecule has 0 saturated heterocycles. The minimum Gasteiger partial charge on any atom is -0.497 e. The summed E-state index contributed by atoms with van der Waals surface area (Å²) in [6.07, 6.45) is 0. The zero-order valence-corrected chi connectivity index (χ0v) is 17.0. The number of hydrogen-bond acceptors (Lipinski definition) is 5. The largest absolute Gasteiger partial charge is 0.497 e. The fraction of sp³-hybridized carbons (Fsp3) is 0.238. The van der Waals surface area contributed by atoms with Crippen molar-refractivity contribution < 1.29 is 13.9 Å². The number of aryl methyl sites for hydroxylation is 1. The summed E-state index contributed by atoms with van der Waals surface area (Å²) in [4.78, 5) is 11.6. The first-order valence-electron chi connectivity index (χ1n) is 8.75. The van der Waals surface area contributed by atoms with Gasteiger partial charge in [0.15, 0.2) is 5.11 Å². The number of anilines is 1. The minimum absolute atomic E-state index is 0.120. The van der Waals surface area contributed by atoms with Crippen molar-refractivity contribution in [3.63, 3.8) is 0 Å². The lowest BCUT2D eigenvalue weighted by atomic mass is 10.1. The average molecular weight is 398 g/mol. The molecule has 146 valence electrons. The molecule has 2 aromatic carbocycles. The summed E-state index contributed by atoms with van der Waals surface area (Å²) < 4.78 is 16.0. The maximum absolute atomic E-state index is 11.6. The summed E-state index contributed by atoms with van der Waals surface area (Å²) in [5, 5.41) is 7.68. The van der Waals surface area contributed by atoms with E-state index in [2.05, 4.69) is 10.6 Å². The molecule has 1 heterocycles. The standard InChI is InChI=1S/C21H22N2O4S/c1-12-9-20(24)27-19-10-14(5-7-16(12)19)23-21(28)22-13(2)17-11-15(25-3)6-8-18(17)26-4/h5-11,13H,1-4H3,(H2,22,23,28)/t13-/m1/s1. The smallest absolute Gasteiger partial charge is 0.336 e. The maximum Gasteiger partial charge on any atom is 0.336 e. The lowest BCUT2D eigenvalue weighted by molar-refractivity contribution is 0.395. The monoisotopic (exact) mass is 398 g/mol. The van der Waals surface area contributed by atoms with Crippen molar-refractivity contribution in [3.05, 3.63) is 64.0 Å². The molecule has 0 fully saturated rings. The Morgan fingerprint density at radius 2 is 1.89 bits per heavy atom. The molecule has 0 amide bonds. The van der Waals surface area contributed by atoms with Gasteiger partial charge in [0.25, 0.3) is 0 Å². The van der Waals surface area contributed by atoms with Crippen LogP contribution in [0.1, 0.15) is 24.1 Å². The van der Waals surface area contributed by atoms with E-state index in [0.717, 1.165) is 33.7 Å². The predicted molar refractivity (Wildman–Crippen MR) is 115 cm³/mol. The Kier molecular flexibility index (Phi) is 5.84. The van der Waals surface area contributed by atoms with E-state index in [1.165, 1.54) is 6.07 Å². The van der Waals surface area contributed by atoms with E-state index < -0.39 is 0 Å². The van der Waals surface area contributed by atoms with Gasteiger partial charge in [-0.25, -0.2) is 4.79 Å². The van der Waals surface area contributed by atoms with E-state index >= 15 is 0 Å². The molecule has 0 bridgehead atoms. The third-order valence-corrected chi connectivity index (χ3v) is 4.68. The highest BCUT2D eigenvalue weighted by atomic mass is 32.1. The Bertz CT molecular complexity index is 1080. The van der Waals surface area contributed by atoms with Gasteiger partial charge in [-0.1, -0.05) is 0 Å². The molecule has 1 atom stereocenters. The van der Waals surface area contributed by atoms with E-state index in [1.807, 2.05) is 44.2 Å². The summed E-state index contributed by atoms with van der Waals surface area (Å²) in [7, 11) is 3.25. The molecular formula is C21H22N2O4S. The van der Waals surface area contributed by atoms with Gasteiger partial charge in [0, 0.05) is 28.8 Å². The summed E-state index contributed by atoms with van der Waals surface area (Å²) in [5.74, 6) is 1.48. The average Bonchev–Trinajstić information content (AvgIpc) is 2.66.